The summed E-state index contributed by atoms with van der Waals surface area (Å²) >= 11 is 0. The van der Waals surface area contributed by atoms with Crippen LogP contribution in [0.4, 0.5) is 17.1 Å². The molecule has 0 atom stereocenters. The first-order chi connectivity index (χ1) is 14.8. The highest BCUT2D eigenvalue weighted by Gasteiger charge is 2.25. The van der Waals surface area contributed by atoms with Gasteiger partial charge in [-0.05, 0) is 31.3 Å². The van der Waals surface area contributed by atoms with Gasteiger partial charge in [-0.3, -0.25) is 14.8 Å². The third-order valence-electron chi connectivity index (χ3n) is 5.30. The number of hydrogen-bond donors (Lipinski definition) is 1. The van der Waals surface area contributed by atoms with Gasteiger partial charge in [-0.2, -0.15) is 0 Å². The summed E-state index contributed by atoms with van der Waals surface area (Å²) in [5, 5.41) is 11.7. The van der Waals surface area contributed by atoms with Crippen molar-refractivity contribution in [2.24, 2.45) is 0 Å². The van der Waals surface area contributed by atoms with E-state index in [-0.39, 0.29) is 16.3 Å². The minimum Gasteiger partial charge on any atom is -0.490 e. The molecule has 2 aliphatic rings. The van der Waals surface area contributed by atoms with Crippen LogP contribution in [-0.2, 0) is 10.0 Å². The number of nitrogens with one attached hydrogen (secondary N) is 1. The van der Waals surface area contributed by atoms with Crippen molar-refractivity contribution in [3.63, 3.8) is 0 Å². The molecule has 0 radical (unpaired) electrons. The second kappa shape index (κ2) is 8.60. The monoisotopic (exact) mass is 448 g/mol. The predicted octanol–water partition coefficient (Wildman–Crippen LogP) is 2.31. The van der Waals surface area contributed by atoms with Crippen molar-refractivity contribution in [1.29, 1.82) is 0 Å². The molecule has 166 valence electrons. The van der Waals surface area contributed by atoms with E-state index < -0.39 is 14.9 Å². The van der Waals surface area contributed by atoms with Crippen molar-refractivity contribution in [3.05, 3.63) is 46.5 Å². The van der Waals surface area contributed by atoms with E-state index in [4.69, 9.17) is 9.47 Å². The van der Waals surface area contributed by atoms with Gasteiger partial charge in [0.25, 0.3) is 15.7 Å². The number of nitrogens with zero attached hydrogens (tertiary/aromatic N) is 3. The third kappa shape index (κ3) is 4.67. The lowest BCUT2D eigenvalue weighted by atomic mass is 10.2. The Kier molecular flexibility index (Phi) is 5.88. The Morgan fingerprint density at radius 3 is 2.42 bits per heavy atom. The van der Waals surface area contributed by atoms with Gasteiger partial charge in [-0.15, -0.1) is 0 Å². The van der Waals surface area contributed by atoms with Gasteiger partial charge in [0.05, 0.1) is 28.7 Å². The van der Waals surface area contributed by atoms with Crippen LogP contribution in [0.5, 0.6) is 11.5 Å². The van der Waals surface area contributed by atoms with Gasteiger partial charge in [-0.1, -0.05) is 0 Å². The topological polar surface area (TPSA) is 114 Å². The molecule has 2 heterocycles. The Bertz CT molecular complexity index is 1080. The lowest BCUT2D eigenvalue weighted by molar-refractivity contribution is -0.384. The van der Waals surface area contributed by atoms with Gasteiger partial charge < -0.3 is 19.3 Å². The van der Waals surface area contributed by atoms with Crippen molar-refractivity contribution in [2.45, 2.75) is 11.3 Å². The van der Waals surface area contributed by atoms with E-state index in [0.29, 0.717) is 49.9 Å². The van der Waals surface area contributed by atoms with E-state index in [1.54, 1.807) is 18.2 Å². The van der Waals surface area contributed by atoms with Crippen LogP contribution in [-0.4, -0.2) is 64.7 Å². The first-order valence-electron chi connectivity index (χ1n) is 9.98. The summed E-state index contributed by atoms with van der Waals surface area (Å²) in [7, 11) is -1.97. The maximum absolute atomic E-state index is 12.9. The second-order valence-electron chi connectivity index (χ2n) is 7.52. The normalized spacial score (nSPS) is 17.1. The van der Waals surface area contributed by atoms with Crippen LogP contribution in [0.25, 0.3) is 0 Å². The van der Waals surface area contributed by atoms with Gasteiger partial charge >= 0.3 is 0 Å². The van der Waals surface area contributed by atoms with E-state index in [1.807, 2.05) is 11.9 Å². The number of hydrogen-bond acceptors (Lipinski definition) is 8. The van der Waals surface area contributed by atoms with Gasteiger partial charge in [-0.25, -0.2) is 8.42 Å². The smallest absolute Gasteiger partial charge is 0.294 e. The zero-order valence-electron chi connectivity index (χ0n) is 17.1. The Morgan fingerprint density at radius 1 is 1.00 bits per heavy atom. The summed E-state index contributed by atoms with van der Waals surface area (Å²) in [5.41, 5.74) is 0.469. The Hall–Kier alpha value is -3.05. The van der Waals surface area contributed by atoms with Crippen LogP contribution in [0.1, 0.15) is 6.42 Å². The van der Waals surface area contributed by atoms with Gasteiger partial charge in [0.15, 0.2) is 11.5 Å². The molecule has 1 saturated heterocycles. The third-order valence-corrected chi connectivity index (χ3v) is 6.68. The number of anilines is 2. The van der Waals surface area contributed by atoms with Crippen molar-refractivity contribution in [3.8, 4) is 11.5 Å². The highest BCUT2D eigenvalue weighted by Crippen LogP contribution is 2.35. The van der Waals surface area contributed by atoms with E-state index in [2.05, 4.69) is 9.62 Å². The maximum atomic E-state index is 12.9. The molecule has 0 unspecified atom stereocenters. The fraction of sp³-hybridized carbons (Fsp3) is 0.400. The molecule has 0 aliphatic carbocycles. The number of sulfonamides is 1. The molecule has 1 fully saturated rings. The highest BCUT2D eigenvalue weighted by molar-refractivity contribution is 7.92. The van der Waals surface area contributed by atoms with Crippen LogP contribution in [0.15, 0.2) is 41.3 Å². The standard InChI is InChI=1S/C20H24N4O6S/c1-22-7-9-23(10-8-22)17-5-3-15(13-18(17)24(25)26)21-31(27,28)16-4-6-19-20(14-16)30-12-2-11-29-19/h3-6,13-14,21H,2,7-12H2,1H3. The summed E-state index contributed by atoms with van der Waals surface area (Å²) in [6, 6.07) is 8.76. The molecule has 10 nitrogen and oxygen atoms in total. The van der Waals surface area contributed by atoms with Crippen molar-refractivity contribution in [2.75, 3.05) is 56.1 Å². The summed E-state index contributed by atoms with van der Waals surface area (Å²) in [6.07, 6.45) is 0.707. The number of nitro benzene ring substituents is 1. The number of piperazine rings is 1. The molecule has 11 heteroatoms. The van der Waals surface area contributed by atoms with Gasteiger partial charge in [0.2, 0.25) is 0 Å². The van der Waals surface area contributed by atoms with E-state index in [0.717, 1.165) is 13.1 Å². The first kappa shape index (κ1) is 21.2. The first-order valence-corrected chi connectivity index (χ1v) is 11.5. The second-order valence-corrected chi connectivity index (χ2v) is 9.20. The predicted molar refractivity (Wildman–Crippen MR) is 116 cm³/mol. The number of likely N-dealkylation sites (N-methyl/N-ethyl adjacent to an activating group) is 1. The number of nitro groups is 1. The number of fused-ring (bicyclic) bond motifs is 1. The summed E-state index contributed by atoms with van der Waals surface area (Å²) in [4.78, 5) is 15.3. The van der Waals surface area contributed by atoms with Crippen LogP contribution in [0, 0.1) is 10.1 Å². The molecule has 0 bridgehead atoms. The lowest BCUT2D eigenvalue weighted by Gasteiger charge is -2.33. The molecular weight excluding hydrogens is 424 g/mol. The molecule has 0 spiro atoms. The van der Waals surface area contributed by atoms with Crippen molar-refractivity contribution in [1.82, 2.24) is 4.90 Å². The summed E-state index contributed by atoms with van der Waals surface area (Å²) in [6.45, 7) is 3.87. The molecule has 0 saturated carbocycles. The molecule has 1 N–H and O–H groups in total. The van der Waals surface area contributed by atoms with Gasteiger partial charge in [0.1, 0.15) is 5.69 Å². The zero-order chi connectivity index (χ0) is 22.0. The van der Waals surface area contributed by atoms with Crippen LogP contribution >= 0.6 is 0 Å². The molecule has 2 aromatic carbocycles. The van der Waals surface area contributed by atoms with Crippen LogP contribution in [0.2, 0.25) is 0 Å². The van der Waals surface area contributed by atoms with Crippen LogP contribution in [0.3, 0.4) is 0 Å². The summed E-state index contributed by atoms with van der Waals surface area (Å²) in [5.74, 6) is 0.848. The minimum absolute atomic E-state index is 0.0115. The fourth-order valence-corrected chi connectivity index (χ4v) is 4.64. The molecule has 4 rings (SSSR count). The minimum atomic E-state index is -3.97. The van der Waals surface area contributed by atoms with Crippen molar-refractivity contribution < 1.29 is 22.8 Å². The van der Waals surface area contributed by atoms with Crippen LogP contribution < -0.4 is 19.1 Å². The number of ether oxygens (including phenoxy) is 2. The Morgan fingerprint density at radius 2 is 1.71 bits per heavy atom. The van der Waals surface area contributed by atoms with Gasteiger partial charge in [0, 0.05) is 44.7 Å². The molecular formula is C20H24N4O6S. The van der Waals surface area contributed by atoms with E-state index in [1.165, 1.54) is 18.2 Å². The molecule has 0 amide bonds. The SMILES string of the molecule is CN1CCN(c2ccc(NS(=O)(=O)c3ccc4c(c3)OCCCO4)cc2[N+](=O)[O-])CC1. The van der Waals surface area contributed by atoms with Crippen molar-refractivity contribution >= 4 is 27.1 Å². The Labute approximate surface area is 180 Å². The fourth-order valence-electron chi connectivity index (χ4n) is 3.57. The molecule has 2 aromatic rings. The number of rotatable bonds is 5. The maximum Gasteiger partial charge on any atom is 0.294 e. The zero-order valence-corrected chi connectivity index (χ0v) is 17.9. The largest absolute Gasteiger partial charge is 0.490 e. The summed E-state index contributed by atoms with van der Waals surface area (Å²) < 4.78 is 39.3. The molecule has 31 heavy (non-hydrogen) atoms. The van der Waals surface area contributed by atoms with E-state index in [9.17, 15) is 18.5 Å². The highest BCUT2D eigenvalue weighted by atomic mass is 32.2. The Balaban J connectivity index is 1.59. The lowest BCUT2D eigenvalue weighted by Crippen LogP contribution is -2.44. The van der Waals surface area contributed by atoms with E-state index >= 15 is 0 Å². The molecule has 2 aliphatic heterocycles. The quantitative estimate of drug-likeness (QED) is 0.548. The number of benzene rings is 2. The molecule has 0 aromatic heterocycles. The average molecular weight is 449 g/mol. The average Bonchev–Trinajstić information content (AvgIpc) is 2.99.